The predicted molar refractivity (Wildman–Crippen MR) is 82.0 cm³/mol. The Kier molecular flexibility index (Phi) is 3.94. The monoisotopic (exact) mass is 310 g/mol. The molecule has 116 valence electrons. The van der Waals surface area contributed by atoms with E-state index in [4.69, 9.17) is 4.74 Å². The first-order chi connectivity index (χ1) is 9.98. The van der Waals surface area contributed by atoms with Gasteiger partial charge in [-0.3, -0.25) is 0 Å². The zero-order valence-electron chi connectivity index (χ0n) is 12.5. The average Bonchev–Trinajstić information content (AvgIpc) is 2.49. The van der Waals surface area contributed by atoms with Gasteiger partial charge >= 0.3 is 0 Å². The van der Waals surface area contributed by atoms with E-state index in [0.717, 1.165) is 30.6 Å². The standard InChI is InChI=1S/C15H22N2O3S/c1-11-10-20-12(2)9-17(11)21(18,19)14-5-6-15-13(8-14)4-3-7-16-15/h5-6,8,11-12,16H,3-4,7,9-10H2,1-2H3. The molecule has 1 N–H and O–H groups in total. The van der Waals surface area contributed by atoms with Gasteiger partial charge in [0.1, 0.15) is 0 Å². The Bertz CT molecular complexity index is 630. The van der Waals surface area contributed by atoms with E-state index in [0.29, 0.717) is 18.0 Å². The van der Waals surface area contributed by atoms with E-state index < -0.39 is 10.0 Å². The lowest BCUT2D eigenvalue weighted by atomic mass is 10.0. The number of nitrogens with one attached hydrogen (secondary N) is 1. The maximum Gasteiger partial charge on any atom is 0.243 e. The van der Waals surface area contributed by atoms with Crippen LogP contribution in [-0.4, -0.2) is 44.6 Å². The maximum atomic E-state index is 12.9. The van der Waals surface area contributed by atoms with Crippen molar-refractivity contribution in [3.05, 3.63) is 23.8 Å². The van der Waals surface area contributed by atoms with Crippen LogP contribution in [-0.2, 0) is 21.2 Å². The predicted octanol–water partition coefficient (Wildman–Crippen LogP) is 1.84. The highest BCUT2D eigenvalue weighted by molar-refractivity contribution is 7.89. The second-order valence-corrected chi connectivity index (χ2v) is 7.81. The molecule has 1 saturated heterocycles. The van der Waals surface area contributed by atoms with Gasteiger partial charge < -0.3 is 10.1 Å². The molecule has 0 radical (unpaired) electrons. The highest BCUT2D eigenvalue weighted by Crippen LogP contribution is 2.28. The first-order valence-electron chi connectivity index (χ1n) is 7.49. The van der Waals surface area contributed by atoms with Crippen LogP contribution in [0.1, 0.15) is 25.8 Å². The molecular formula is C15H22N2O3S. The third-order valence-corrected chi connectivity index (χ3v) is 6.15. The summed E-state index contributed by atoms with van der Waals surface area (Å²) in [5, 5.41) is 3.31. The number of fused-ring (bicyclic) bond motifs is 1. The van der Waals surface area contributed by atoms with E-state index in [1.165, 1.54) is 0 Å². The number of ether oxygens (including phenoxy) is 1. The van der Waals surface area contributed by atoms with Gasteiger partial charge in [0.05, 0.1) is 17.6 Å². The molecule has 2 unspecified atom stereocenters. The Morgan fingerprint density at radius 2 is 2.14 bits per heavy atom. The van der Waals surface area contributed by atoms with Crippen molar-refractivity contribution in [1.29, 1.82) is 0 Å². The molecule has 1 fully saturated rings. The van der Waals surface area contributed by atoms with Gasteiger partial charge in [-0.1, -0.05) is 0 Å². The fraction of sp³-hybridized carbons (Fsp3) is 0.600. The van der Waals surface area contributed by atoms with Crippen molar-refractivity contribution in [2.45, 2.75) is 43.7 Å². The second kappa shape index (κ2) is 5.59. The first-order valence-corrected chi connectivity index (χ1v) is 8.93. The third kappa shape index (κ3) is 2.80. The molecule has 2 heterocycles. The van der Waals surface area contributed by atoms with E-state index in [-0.39, 0.29) is 12.1 Å². The van der Waals surface area contributed by atoms with Gasteiger partial charge in [0.25, 0.3) is 0 Å². The normalized spacial score (nSPS) is 27.0. The molecule has 1 aromatic carbocycles. The molecule has 1 aromatic rings. The van der Waals surface area contributed by atoms with Crippen LogP contribution >= 0.6 is 0 Å². The minimum atomic E-state index is -3.45. The van der Waals surface area contributed by atoms with E-state index in [1.54, 1.807) is 10.4 Å². The molecule has 0 saturated carbocycles. The van der Waals surface area contributed by atoms with Gasteiger partial charge in [-0.2, -0.15) is 4.31 Å². The van der Waals surface area contributed by atoms with Crippen molar-refractivity contribution < 1.29 is 13.2 Å². The molecule has 5 nitrogen and oxygen atoms in total. The lowest BCUT2D eigenvalue weighted by molar-refractivity contribution is -0.0170. The molecule has 21 heavy (non-hydrogen) atoms. The number of hydrogen-bond donors (Lipinski definition) is 1. The number of hydrogen-bond acceptors (Lipinski definition) is 4. The summed E-state index contributed by atoms with van der Waals surface area (Å²) in [5.41, 5.74) is 2.15. The largest absolute Gasteiger partial charge is 0.385 e. The van der Waals surface area contributed by atoms with Crippen molar-refractivity contribution in [3.63, 3.8) is 0 Å². The zero-order chi connectivity index (χ0) is 15.0. The van der Waals surface area contributed by atoms with E-state index in [9.17, 15) is 8.42 Å². The first kappa shape index (κ1) is 14.8. The summed E-state index contributed by atoms with van der Waals surface area (Å²) >= 11 is 0. The molecule has 0 amide bonds. The van der Waals surface area contributed by atoms with Crippen molar-refractivity contribution >= 4 is 15.7 Å². The van der Waals surface area contributed by atoms with Crippen LogP contribution < -0.4 is 5.32 Å². The summed E-state index contributed by atoms with van der Waals surface area (Å²) in [6.45, 7) is 5.62. The summed E-state index contributed by atoms with van der Waals surface area (Å²) in [5.74, 6) is 0. The highest BCUT2D eigenvalue weighted by Gasteiger charge is 2.34. The smallest absolute Gasteiger partial charge is 0.243 e. The minimum absolute atomic E-state index is 0.0599. The average molecular weight is 310 g/mol. The van der Waals surface area contributed by atoms with Crippen molar-refractivity contribution in [2.24, 2.45) is 0 Å². The van der Waals surface area contributed by atoms with E-state index in [2.05, 4.69) is 5.32 Å². The van der Waals surface area contributed by atoms with Crippen LogP contribution in [0.15, 0.2) is 23.1 Å². The van der Waals surface area contributed by atoms with Crippen LogP contribution in [0.2, 0.25) is 0 Å². The molecular weight excluding hydrogens is 288 g/mol. The Morgan fingerprint density at radius 1 is 1.33 bits per heavy atom. The summed E-state index contributed by atoms with van der Waals surface area (Å²) in [6.07, 6.45) is 1.91. The summed E-state index contributed by atoms with van der Waals surface area (Å²) in [4.78, 5) is 0.394. The summed E-state index contributed by atoms with van der Waals surface area (Å²) in [7, 11) is -3.45. The summed E-state index contributed by atoms with van der Waals surface area (Å²) in [6, 6.07) is 5.29. The van der Waals surface area contributed by atoms with E-state index >= 15 is 0 Å². The summed E-state index contributed by atoms with van der Waals surface area (Å²) < 4.78 is 32.9. The lowest BCUT2D eigenvalue weighted by Gasteiger charge is -2.35. The molecule has 0 aromatic heterocycles. The number of nitrogens with zero attached hydrogens (tertiary/aromatic N) is 1. The fourth-order valence-electron chi connectivity index (χ4n) is 2.95. The molecule has 6 heteroatoms. The van der Waals surface area contributed by atoms with E-state index in [1.807, 2.05) is 26.0 Å². The SMILES string of the molecule is CC1CN(S(=O)(=O)c2ccc3c(c2)CCCN3)C(C)CO1. The molecule has 0 spiro atoms. The third-order valence-electron chi connectivity index (χ3n) is 4.17. The van der Waals surface area contributed by atoms with Crippen LogP contribution in [0, 0.1) is 0 Å². The van der Waals surface area contributed by atoms with Crippen molar-refractivity contribution in [3.8, 4) is 0 Å². The van der Waals surface area contributed by atoms with Gasteiger partial charge in [-0.15, -0.1) is 0 Å². The number of sulfonamides is 1. The van der Waals surface area contributed by atoms with Gasteiger partial charge in [0.2, 0.25) is 10.0 Å². The van der Waals surface area contributed by atoms with Crippen LogP contribution in [0.5, 0.6) is 0 Å². The number of anilines is 1. The Morgan fingerprint density at radius 3 is 2.95 bits per heavy atom. The van der Waals surface area contributed by atoms with Crippen LogP contribution in [0.3, 0.4) is 0 Å². The molecule has 3 rings (SSSR count). The number of morpholine rings is 1. The molecule has 2 atom stereocenters. The second-order valence-electron chi connectivity index (χ2n) is 5.92. The Labute approximate surface area is 126 Å². The van der Waals surface area contributed by atoms with Crippen molar-refractivity contribution in [1.82, 2.24) is 4.31 Å². The molecule has 0 aliphatic carbocycles. The Balaban J connectivity index is 1.94. The zero-order valence-corrected chi connectivity index (χ0v) is 13.3. The maximum absolute atomic E-state index is 12.9. The number of benzene rings is 1. The van der Waals surface area contributed by atoms with Gasteiger partial charge in [-0.25, -0.2) is 8.42 Å². The lowest BCUT2D eigenvalue weighted by Crippen LogP contribution is -2.50. The quantitative estimate of drug-likeness (QED) is 0.905. The van der Waals surface area contributed by atoms with Gasteiger partial charge in [-0.05, 0) is 50.5 Å². The fourth-order valence-corrected chi connectivity index (χ4v) is 4.70. The van der Waals surface area contributed by atoms with Crippen LogP contribution in [0.25, 0.3) is 0 Å². The van der Waals surface area contributed by atoms with Gasteiger partial charge in [0, 0.05) is 24.8 Å². The molecule has 2 aliphatic rings. The highest BCUT2D eigenvalue weighted by atomic mass is 32.2. The number of rotatable bonds is 2. The topological polar surface area (TPSA) is 58.6 Å². The molecule has 2 aliphatic heterocycles. The minimum Gasteiger partial charge on any atom is -0.385 e. The number of aryl methyl sites for hydroxylation is 1. The molecule has 0 bridgehead atoms. The van der Waals surface area contributed by atoms with Gasteiger partial charge in [0.15, 0.2) is 0 Å². The Hall–Kier alpha value is -1.11. The van der Waals surface area contributed by atoms with Crippen LogP contribution in [0.4, 0.5) is 5.69 Å². The van der Waals surface area contributed by atoms with Crippen molar-refractivity contribution in [2.75, 3.05) is 25.0 Å².